The van der Waals surface area contributed by atoms with Gasteiger partial charge in [-0.1, -0.05) is 105 Å². The van der Waals surface area contributed by atoms with E-state index in [-0.39, 0.29) is 5.41 Å². The van der Waals surface area contributed by atoms with Crippen molar-refractivity contribution in [1.82, 2.24) is 4.57 Å². The molecule has 7 aromatic rings. The lowest BCUT2D eigenvalue weighted by molar-refractivity contribution is 0.705. The highest BCUT2D eigenvalue weighted by Crippen LogP contribution is 2.59. The van der Waals surface area contributed by atoms with Gasteiger partial charge in [0.2, 0.25) is 0 Å². The highest BCUT2D eigenvalue weighted by atomic mass is 15.0. The summed E-state index contributed by atoms with van der Waals surface area (Å²) in [7, 11) is 0. The van der Waals surface area contributed by atoms with Crippen LogP contribution >= 0.6 is 0 Å². The van der Waals surface area contributed by atoms with Crippen LogP contribution in [0.25, 0.3) is 60.5 Å². The van der Waals surface area contributed by atoms with Crippen LogP contribution in [0, 0.1) is 0 Å². The van der Waals surface area contributed by atoms with Crippen molar-refractivity contribution < 1.29 is 0 Å². The highest BCUT2D eigenvalue weighted by Gasteiger charge is 2.43. The van der Waals surface area contributed by atoms with E-state index in [1.807, 2.05) is 0 Å². The SMILES string of the molecule is CC1(C)C2=C(c3ccc(-c4ccc5c(c4)c4ccccc4n5-c4ccccc4)cc31)c1cccc3cccc2c13. The fourth-order valence-corrected chi connectivity index (χ4v) is 7.56. The highest BCUT2D eigenvalue weighted by molar-refractivity contribution is 6.22. The Morgan fingerprint density at radius 3 is 2.08 bits per heavy atom. The molecule has 1 aromatic heterocycles. The van der Waals surface area contributed by atoms with E-state index in [9.17, 15) is 0 Å². The maximum atomic E-state index is 2.45. The van der Waals surface area contributed by atoms with Gasteiger partial charge in [-0.3, -0.25) is 0 Å². The van der Waals surface area contributed by atoms with Crippen molar-refractivity contribution in [1.29, 1.82) is 0 Å². The van der Waals surface area contributed by atoms with Gasteiger partial charge < -0.3 is 4.57 Å². The Bertz CT molecular complexity index is 2220. The van der Waals surface area contributed by atoms with Crippen LogP contribution in [0.2, 0.25) is 0 Å². The Morgan fingerprint density at radius 1 is 0.525 bits per heavy atom. The van der Waals surface area contributed by atoms with E-state index in [0.29, 0.717) is 0 Å². The first-order valence-corrected chi connectivity index (χ1v) is 14.1. The minimum Gasteiger partial charge on any atom is -0.309 e. The molecule has 0 saturated carbocycles. The molecule has 0 saturated heterocycles. The lowest BCUT2D eigenvalue weighted by Crippen LogP contribution is -2.16. The van der Waals surface area contributed by atoms with Crippen LogP contribution in [0.15, 0.2) is 127 Å². The summed E-state index contributed by atoms with van der Waals surface area (Å²) in [5.74, 6) is 0. The van der Waals surface area contributed by atoms with Gasteiger partial charge in [-0.15, -0.1) is 0 Å². The van der Waals surface area contributed by atoms with Crippen molar-refractivity contribution in [2.75, 3.05) is 0 Å². The molecule has 0 atom stereocenters. The zero-order valence-corrected chi connectivity index (χ0v) is 22.6. The van der Waals surface area contributed by atoms with Crippen molar-refractivity contribution in [3.8, 4) is 16.8 Å². The summed E-state index contributed by atoms with van der Waals surface area (Å²) in [6, 6.07) is 47.1. The van der Waals surface area contributed by atoms with Crippen molar-refractivity contribution in [2.24, 2.45) is 0 Å². The van der Waals surface area contributed by atoms with E-state index in [4.69, 9.17) is 0 Å². The standard InChI is InChI=1S/C39H27N/c1-39(2)33-23-26(18-20-29(33)37-30-15-8-10-24-11-9-16-31(36(24)30)38(37)39)25-19-21-35-32(22-25)28-14-6-7-17-34(28)40(35)27-12-4-3-5-13-27/h3-23H,1-2H3. The first-order valence-electron chi connectivity index (χ1n) is 14.1. The van der Waals surface area contributed by atoms with E-state index >= 15 is 0 Å². The molecule has 1 heterocycles. The molecule has 0 unspecified atom stereocenters. The summed E-state index contributed by atoms with van der Waals surface area (Å²) in [5, 5.41) is 5.33. The molecule has 0 amide bonds. The Labute approximate surface area is 233 Å². The Hall–Kier alpha value is -4.88. The Kier molecular flexibility index (Phi) is 4.18. The third-order valence-corrected chi connectivity index (χ3v) is 9.30. The lowest BCUT2D eigenvalue weighted by atomic mass is 9.77. The molecule has 0 N–H and O–H groups in total. The monoisotopic (exact) mass is 509 g/mol. The molecule has 0 bridgehead atoms. The van der Waals surface area contributed by atoms with E-state index in [1.165, 1.54) is 82.8 Å². The third-order valence-electron chi connectivity index (χ3n) is 9.30. The number of hydrogen-bond donors (Lipinski definition) is 0. The zero-order chi connectivity index (χ0) is 26.6. The van der Waals surface area contributed by atoms with Crippen molar-refractivity contribution in [3.05, 3.63) is 150 Å². The van der Waals surface area contributed by atoms with Crippen LogP contribution in [0.5, 0.6) is 0 Å². The van der Waals surface area contributed by atoms with E-state index in [0.717, 1.165) is 0 Å². The predicted molar refractivity (Wildman–Crippen MR) is 169 cm³/mol. The molecule has 0 radical (unpaired) electrons. The third kappa shape index (κ3) is 2.72. The van der Waals surface area contributed by atoms with Gasteiger partial charge in [-0.2, -0.15) is 0 Å². The number of aromatic nitrogens is 1. The fourth-order valence-electron chi connectivity index (χ4n) is 7.56. The number of para-hydroxylation sites is 2. The number of benzene rings is 6. The molecule has 2 aliphatic carbocycles. The normalized spacial score (nSPS) is 14.8. The molecule has 1 heteroatoms. The van der Waals surface area contributed by atoms with Crippen molar-refractivity contribution >= 4 is 43.7 Å². The van der Waals surface area contributed by atoms with Crippen LogP contribution in [-0.2, 0) is 5.41 Å². The Morgan fingerprint density at radius 2 is 1.23 bits per heavy atom. The largest absolute Gasteiger partial charge is 0.309 e. The second kappa shape index (κ2) is 7.61. The molecule has 188 valence electrons. The number of hydrogen-bond acceptors (Lipinski definition) is 0. The second-order valence-corrected chi connectivity index (χ2v) is 11.8. The number of rotatable bonds is 2. The van der Waals surface area contributed by atoms with Crippen LogP contribution in [0.3, 0.4) is 0 Å². The van der Waals surface area contributed by atoms with Gasteiger partial charge in [0.1, 0.15) is 0 Å². The lowest BCUT2D eigenvalue weighted by Gasteiger charge is -2.25. The zero-order valence-electron chi connectivity index (χ0n) is 22.6. The first kappa shape index (κ1) is 22.0. The second-order valence-electron chi connectivity index (χ2n) is 11.8. The number of allylic oxidation sites excluding steroid dienone is 1. The molecule has 1 nitrogen and oxygen atoms in total. The van der Waals surface area contributed by atoms with Crippen LogP contribution in [0.4, 0.5) is 0 Å². The van der Waals surface area contributed by atoms with E-state index in [1.54, 1.807) is 0 Å². The van der Waals surface area contributed by atoms with Gasteiger partial charge >= 0.3 is 0 Å². The van der Waals surface area contributed by atoms with Gasteiger partial charge in [0.15, 0.2) is 0 Å². The summed E-state index contributed by atoms with van der Waals surface area (Å²) in [6.07, 6.45) is 0. The maximum Gasteiger partial charge on any atom is 0.0541 e. The van der Waals surface area contributed by atoms with E-state index < -0.39 is 0 Å². The summed E-state index contributed by atoms with van der Waals surface area (Å²) >= 11 is 0. The summed E-state index contributed by atoms with van der Waals surface area (Å²) in [4.78, 5) is 0. The van der Waals surface area contributed by atoms with Crippen molar-refractivity contribution in [2.45, 2.75) is 19.3 Å². The van der Waals surface area contributed by atoms with Crippen LogP contribution < -0.4 is 0 Å². The van der Waals surface area contributed by atoms with Gasteiger partial charge in [0.05, 0.1) is 11.0 Å². The summed E-state index contributed by atoms with van der Waals surface area (Å²) in [6.45, 7) is 4.80. The molecule has 40 heavy (non-hydrogen) atoms. The topological polar surface area (TPSA) is 4.93 Å². The van der Waals surface area contributed by atoms with Crippen LogP contribution in [0.1, 0.15) is 36.1 Å². The molecule has 6 aromatic carbocycles. The molecule has 0 aliphatic heterocycles. The minimum absolute atomic E-state index is 0.0680. The smallest absolute Gasteiger partial charge is 0.0541 e. The van der Waals surface area contributed by atoms with Gasteiger partial charge in [-0.05, 0) is 91.7 Å². The van der Waals surface area contributed by atoms with Crippen LogP contribution in [-0.4, -0.2) is 4.57 Å². The van der Waals surface area contributed by atoms with Gasteiger partial charge in [0, 0.05) is 21.9 Å². The fraction of sp³-hybridized carbons (Fsp3) is 0.0769. The molecular weight excluding hydrogens is 482 g/mol. The average Bonchev–Trinajstić information content (AvgIpc) is 3.59. The molecule has 2 aliphatic rings. The molecule has 9 rings (SSSR count). The number of fused-ring (bicyclic) bond motifs is 7. The van der Waals surface area contributed by atoms with Crippen molar-refractivity contribution in [3.63, 3.8) is 0 Å². The summed E-state index contributed by atoms with van der Waals surface area (Å²) < 4.78 is 2.38. The maximum absolute atomic E-state index is 2.45. The van der Waals surface area contributed by atoms with E-state index in [2.05, 4.69) is 146 Å². The minimum atomic E-state index is -0.0680. The Balaban J connectivity index is 1.23. The summed E-state index contributed by atoms with van der Waals surface area (Å²) in [5.41, 5.74) is 14.6. The molecular formula is C39H27N. The van der Waals surface area contributed by atoms with Gasteiger partial charge in [0.25, 0.3) is 0 Å². The number of nitrogens with zero attached hydrogens (tertiary/aromatic N) is 1. The molecule has 0 fully saturated rings. The first-order chi connectivity index (χ1) is 19.6. The quantitative estimate of drug-likeness (QED) is 0.218. The predicted octanol–water partition coefficient (Wildman–Crippen LogP) is 10.2. The average molecular weight is 510 g/mol. The molecule has 0 spiro atoms. The van der Waals surface area contributed by atoms with Gasteiger partial charge in [-0.25, -0.2) is 0 Å².